The molecule has 0 radical (unpaired) electrons. The van der Waals surface area contributed by atoms with Crippen LogP contribution in [0.3, 0.4) is 0 Å². The standard InChI is InChI=1S/C30H45NO4/c1-3-26(21-30(10-1)20-24-16-22-15-23(17-24)19-29(18-22)34-35-30)25-4-6-28(7-5-25)33-12-2-11-31-27-8-13-32-14-9-27/h4-7,22-24,26-27,29,31H,1-3,8-21H2/t22?,23?,24?,26-,29?,30+/m1/s1. The van der Waals surface area contributed by atoms with Crippen molar-refractivity contribution in [3.63, 3.8) is 0 Å². The van der Waals surface area contributed by atoms with Gasteiger partial charge in [-0.15, -0.1) is 0 Å². The van der Waals surface area contributed by atoms with Crippen LogP contribution in [0.2, 0.25) is 0 Å². The van der Waals surface area contributed by atoms with E-state index in [1.807, 2.05) is 0 Å². The van der Waals surface area contributed by atoms with Gasteiger partial charge in [0.25, 0.3) is 0 Å². The first-order chi connectivity index (χ1) is 17.2. The number of rotatable bonds is 7. The molecule has 2 unspecified atom stereocenters. The minimum absolute atomic E-state index is 0.0837. The zero-order chi connectivity index (χ0) is 23.5. The first-order valence-electron chi connectivity index (χ1n) is 14.6. The fourth-order valence-corrected chi connectivity index (χ4v) is 8.08. The first-order valence-corrected chi connectivity index (χ1v) is 14.6. The molecule has 3 aliphatic carbocycles. The maximum atomic E-state index is 6.43. The number of benzene rings is 1. The third-order valence-electron chi connectivity index (χ3n) is 9.61. The van der Waals surface area contributed by atoms with E-state index < -0.39 is 0 Å². The van der Waals surface area contributed by atoms with E-state index in [0.717, 1.165) is 82.0 Å². The molecule has 6 fully saturated rings. The van der Waals surface area contributed by atoms with Gasteiger partial charge < -0.3 is 14.8 Å². The van der Waals surface area contributed by atoms with E-state index in [2.05, 4.69) is 29.6 Å². The maximum absolute atomic E-state index is 6.43. The predicted molar refractivity (Wildman–Crippen MR) is 136 cm³/mol. The quantitative estimate of drug-likeness (QED) is 0.371. The lowest BCUT2D eigenvalue weighted by atomic mass is 9.63. The van der Waals surface area contributed by atoms with Gasteiger partial charge in [0.15, 0.2) is 0 Å². The Hall–Kier alpha value is -1.14. The molecule has 6 aliphatic rings. The molecule has 1 N–H and O–H groups in total. The average molecular weight is 484 g/mol. The monoisotopic (exact) mass is 483 g/mol. The van der Waals surface area contributed by atoms with Gasteiger partial charge >= 0.3 is 0 Å². The summed E-state index contributed by atoms with van der Waals surface area (Å²) >= 11 is 0. The molecule has 1 aromatic rings. The van der Waals surface area contributed by atoms with E-state index in [-0.39, 0.29) is 5.60 Å². The molecular weight excluding hydrogens is 438 g/mol. The topological polar surface area (TPSA) is 49.0 Å². The van der Waals surface area contributed by atoms with Gasteiger partial charge in [0.05, 0.1) is 12.7 Å². The van der Waals surface area contributed by atoms with Crippen molar-refractivity contribution in [2.24, 2.45) is 17.8 Å². The van der Waals surface area contributed by atoms with Crippen LogP contribution in [0.5, 0.6) is 5.75 Å². The van der Waals surface area contributed by atoms with Crippen molar-refractivity contribution in [3.05, 3.63) is 29.8 Å². The molecule has 35 heavy (non-hydrogen) atoms. The normalized spacial score (nSPS) is 37.7. The van der Waals surface area contributed by atoms with Crippen LogP contribution in [0.1, 0.15) is 95.0 Å². The third kappa shape index (κ3) is 6.06. The van der Waals surface area contributed by atoms with Gasteiger partial charge in [-0.3, -0.25) is 0 Å². The van der Waals surface area contributed by atoms with Crippen molar-refractivity contribution < 1.29 is 19.2 Å². The summed E-state index contributed by atoms with van der Waals surface area (Å²) in [6, 6.07) is 9.54. The summed E-state index contributed by atoms with van der Waals surface area (Å²) in [6.07, 6.45) is 16.3. The molecule has 5 heteroatoms. The highest BCUT2D eigenvalue weighted by Crippen LogP contribution is 2.52. The molecule has 194 valence electrons. The van der Waals surface area contributed by atoms with E-state index in [4.69, 9.17) is 19.2 Å². The summed E-state index contributed by atoms with van der Waals surface area (Å²) in [5, 5.41) is 3.64. The van der Waals surface area contributed by atoms with Crippen LogP contribution in [0.4, 0.5) is 0 Å². The van der Waals surface area contributed by atoms with Crippen molar-refractivity contribution in [1.82, 2.24) is 5.32 Å². The van der Waals surface area contributed by atoms with E-state index in [1.165, 1.54) is 56.9 Å². The van der Waals surface area contributed by atoms with Crippen LogP contribution in [-0.4, -0.2) is 44.1 Å². The summed E-state index contributed by atoms with van der Waals surface area (Å²) in [7, 11) is 0. The van der Waals surface area contributed by atoms with Crippen molar-refractivity contribution in [2.75, 3.05) is 26.4 Å². The maximum Gasteiger partial charge on any atom is 0.119 e. The molecule has 4 bridgehead atoms. The first kappa shape index (κ1) is 24.2. The van der Waals surface area contributed by atoms with Crippen LogP contribution in [-0.2, 0) is 14.5 Å². The van der Waals surface area contributed by atoms with Crippen molar-refractivity contribution in [1.29, 1.82) is 0 Å². The smallest absolute Gasteiger partial charge is 0.119 e. The lowest BCUT2D eigenvalue weighted by molar-refractivity contribution is -0.394. The van der Waals surface area contributed by atoms with Crippen LogP contribution in [0.25, 0.3) is 0 Å². The van der Waals surface area contributed by atoms with Crippen LogP contribution >= 0.6 is 0 Å². The number of hydrogen-bond donors (Lipinski definition) is 1. The van der Waals surface area contributed by atoms with Gasteiger partial charge in [-0.1, -0.05) is 12.1 Å². The molecule has 3 saturated heterocycles. The molecule has 3 aliphatic heterocycles. The number of nitrogens with one attached hydrogen (secondary N) is 1. The van der Waals surface area contributed by atoms with Crippen molar-refractivity contribution in [3.8, 4) is 5.75 Å². The van der Waals surface area contributed by atoms with Gasteiger partial charge in [-0.05, 0) is 131 Å². The second kappa shape index (κ2) is 11.1. The lowest BCUT2D eigenvalue weighted by Crippen LogP contribution is -2.40. The van der Waals surface area contributed by atoms with Crippen LogP contribution in [0, 0.1) is 17.8 Å². The zero-order valence-electron chi connectivity index (χ0n) is 21.4. The molecule has 1 aromatic carbocycles. The molecule has 0 aromatic heterocycles. The molecule has 7 rings (SSSR count). The SMILES string of the molecule is c1cc([C@@H]2CCC[C@]3(CC4CC5CC(C4)CC(C5)OO3)C2)ccc1OCCCNC1CCOCC1. The van der Waals surface area contributed by atoms with E-state index in [9.17, 15) is 0 Å². The summed E-state index contributed by atoms with van der Waals surface area (Å²) < 4.78 is 11.5. The Kier molecular flexibility index (Phi) is 7.67. The second-order valence-electron chi connectivity index (χ2n) is 12.4. The fourth-order valence-electron chi connectivity index (χ4n) is 8.08. The van der Waals surface area contributed by atoms with Gasteiger partial charge in [-0.2, -0.15) is 0 Å². The number of fused-ring (bicyclic) bond motifs is 1. The fraction of sp³-hybridized carbons (Fsp3) is 0.800. The van der Waals surface area contributed by atoms with Gasteiger partial charge in [0.1, 0.15) is 11.4 Å². The Morgan fingerprint density at radius 1 is 0.886 bits per heavy atom. The largest absolute Gasteiger partial charge is 0.494 e. The van der Waals surface area contributed by atoms with Gasteiger partial charge in [-0.25, -0.2) is 9.78 Å². The van der Waals surface area contributed by atoms with Crippen LogP contribution in [0.15, 0.2) is 24.3 Å². The van der Waals surface area contributed by atoms with E-state index >= 15 is 0 Å². The minimum atomic E-state index is -0.0837. The molecule has 1 spiro atoms. The summed E-state index contributed by atoms with van der Waals surface area (Å²) in [4.78, 5) is 12.6. The Labute approximate surface area is 211 Å². The Morgan fingerprint density at radius 3 is 2.46 bits per heavy atom. The predicted octanol–water partition coefficient (Wildman–Crippen LogP) is 6.17. The molecule has 5 nitrogen and oxygen atoms in total. The summed E-state index contributed by atoms with van der Waals surface area (Å²) in [5.41, 5.74) is 1.35. The highest BCUT2D eigenvalue weighted by atomic mass is 17.2. The minimum Gasteiger partial charge on any atom is -0.494 e. The molecular formula is C30H45NO4. The highest BCUT2D eigenvalue weighted by molar-refractivity contribution is 5.30. The van der Waals surface area contributed by atoms with Crippen LogP contribution < -0.4 is 10.1 Å². The lowest BCUT2D eigenvalue weighted by Gasteiger charge is -2.43. The Balaban J connectivity index is 1.01. The highest BCUT2D eigenvalue weighted by Gasteiger charge is 2.47. The second-order valence-corrected chi connectivity index (χ2v) is 12.4. The van der Waals surface area contributed by atoms with Gasteiger partial charge in [0, 0.05) is 19.3 Å². The van der Waals surface area contributed by atoms with Crippen molar-refractivity contribution in [2.45, 2.75) is 107 Å². The number of ether oxygens (including phenoxy) is 2. The summed E-state index contributed by atoms with van der Waals surface area (Å²) in [5.74, 6) is 4.12. The van der Waals surface area contributed by atoms with E-state index in [1.54, 1.807) is 0 Å². The molecule has 3 saturated carbocycles. The molecule has 0 amide bonds. The molecule has 4 atom stereocenters. The van der Waals surface area contributed by atoms with Crippen molar-refractivity contribution >= 4 is 0 Å². The third-order valence-corrected chi connectivity index (χ3v) is 9.61. The van der Waals surface area contributed by atoms with E-state index in [0.29, 0.717) is 18.1 Å². The number of hydrogen-bond acceptors (Lipinski definition) is 5. The summed E-state index contributed by atoms with van der Waals surface area (Å²) in [6.45, 7) is 3.56. The Morgan fingerprint density at radius 2 is 1.66 bits per heavy atom. The zero-order valence-corrected chi connectivity index (χ0v) is 21.4. The van der Waals surface area contributed by atoms with Gasteiger partial charge in [0.2, 0.25) is 0 Å². The Bertz CT molecular complexity index is 795. The molecule has 3 heterocycles. The average Bonchev–Trinajstić information content (AvgIpc) is 2.95.